The molecule has 0 aliphatic heterocycles. The molecule has 5 nitrogen and oxygen atoms in total. The van der Waals surface area contributed by atoms with E-state index in [9.17, 15) is 9.59 Å². The predicted molar refractivity (Wildman–Crippen MR) is 123 cm³/mol. The second-order valence-electron chi connectivity index (χ2n) is 7.67. The zero-order chi connectivity index (χ0) is 21.5. The highest BCUT2D eigenvalue weighted by Gasteiger charge is 2.28. The monoisotopic (exact) mass is 431 g/mol. The second-order valence-corrected chi connectivity index (χ2v) is 8.72. The highest BCUT2D eigenvalue weighted by Crippen LogP contribution is 2.23. The Kier molecular flexibility index (Phi) is 6.99. The smallest absolute Gasteiger partial charge is 0.251 e. The van der Waals surface area contributed by atoms with Crippen LogP contribution >= 0.6 is 11.8 Å². The molecule has 0 radical (unpaired) electrons. The van der Waals surface area contributed by atoms with E-state index in [0.717, 1.165) is 34.6 Å². The first-order valence-electron chi connectivity index (χ1n) is 10.4. The summed E-state index contributed by atoms with van der Waals surface area (Å²) in [4.78, 5) is 30.7. The Morgan fingerprint density at radius 2 is 1.71 bits per heavy atom. The Balaban J connectivity index is 1.38. The fourth-order valence-electron chi connectivity index (χ4n) is 3.18. The quantitative estimate of drug-likeness (QED) is 0.503. The molecule has 1 saturated carbocycles. The van der Waals surface area contributed by atoms with Gasteiger partial charge in [0.15, 0.2) is 0 Å². The lowest BCUT2D eigenvalue weighted by atomic mass is 10.0. The molecule has 1 heterocycles. The number of hydrogen-bond acceptors (Lipinski definition) is 4. The molecule has 3 aromatic rings. The van der Waals surface area contributed by atoms with Crippen molar-refractivity contribution in [3.05, 3.63) is 95.8 Å². The van der Waals surface area contributed by atoms with Gasteiger partial charge in [0.25, 0.3) is 5.91 Å². The number of nitrogens with zero attached hydrogens (tertiary/aromatic N) is 1. The lowest BCUT2D eigenvalue weighted by molar-refractivity contribution is -0.123. The van der Waals surface area contributed by atoms with E-state index >= 15 is 0 Å². The lowest BCUT2D eigenvalue weighted by Gasteiger charge is -2.19. The van der Waals surface area contributed by atoms with Crippen LogP contribution in [0.15, 0.2) is 84.0 Å². The number of pyridine rings is 1. The molecular weight excluding hydrogens is 406 g/mol. The maximum Gasteiger partial charge on any atom is 0.251 e. The van der Waals surface area contributed by atoms with Gasteiger partial charge in [-0.15, -0.1) is 11.8 Å². The van der Waals surface area contributed by atoms with Crippen molar-refractivity contribution in [3.63, 3.8) is 0 Å². The van der Waals surface area contributed by atoms with Gasteiger partial charge in [0.2, 0.25) is 5.91 Å². The van der Waals surface area contributed by atoms with Gasteiger partial charge in [-0.1, -0.05) is 36.4 Å². The SMILES string of the molecule is O=C(NC(Cc1ccccc1)C(=O)NC1CC1)c1ccc(SCc2cccnc2)cc1. The number of nitrogens with one attached hydrogen (secondary N) is 2. The minimum absolute atomic E-state index is 0.122. The van der Waals surface area contributed by atoms with Crippen LogP contribution in [0, 0.1) is 0 Å². The molecular formula is C25H25N3O2S. The van der Waals surface area contributed by atoms with E-state index < -0.39 is 6.04 Å². The fraction of sp³-hybridized carbons (Fsp3) is 0.240. The Hall–Kier alpha value is -3.12. The molecule has 1 aromatic heterocycles. The summed E-state index contributed by atoms with van der Waals surface area (Å²) >= 11 is 1.69. The standard InChI is InChI=1S/C25H25N3O2S/c29-24(20-8-12-22(13-9-20)31-17-19-7-4-14-26-16-19)28-23(25(30)27-21-10-11-21)15-18-5-2-1-3-6-18/h1-9,12-14,16,21,23H,10-11,15,17H2,(H,27,30)(H,28,29). The lowest BCUT2D eigenvalue weighted by Crippen LogP contribution is -2.48. The summed E-state index contributed by atoms with van der Waals surface area (Å²) in [6.07, 6.45) is 6.10. The molecule has 0 bridgehead atoms. The van der Waals surface area contributed by atoms with Crippen molar-refractivity contribution >= 4 is 23.6 Å². The third kappa shape index (κ3) is 6.43. The zero-order valence-electron chi connectivity index (χ0n) is 17.2. The predicted octanol–water partition coefficient (Wildman–Crippen LogP) is 3.99. The first-order chi connectivity index (χ1) is 15.2. The van der Waals surface area contributed by atoms with Crippen LogP contribution in [-0.4, -0.2) is 28.9 Å². The van der Waals surface area contributed by atoms with Crippen molar-refractivity contribution in [2.75, 3.05) is 0 Å². The molecule has 1 aliphatic rings. The van der Waals surface area contributed by atoms with Gasteiger partial charge in [0.05, 0.1) is 0 Å². The first-order valence-corrected chi connectivity index (χ1v) is 11.4. The summed E-state index contributed by atoms with van der Waals surface area (Å²) in [5.74, 6) is 0.457. The summed E-state index contributed by atoms with van der Waals surface area (Å²) in [6, 6.07) is 20.9. The normalized spacial score (nSPS) is 13.9. The average molecular weight is 432 g/mol. The number of carbonyl (C=O) groups is 2. The van der Waals surface area contributed by atoms with Crippen molar-refractivity contribution in [2.45, 2.75) is 42.0 Å². The third-order valence-electron chi connectivity index (χ3n) is 5.07. The Morgan fingerprint density at radius 3 is 2.39 bits per heavy atom. The molecule has 4 rings (SSSR count). The van der Waals surface area contributed by atoms with Gasteiger partial charge in [0.1, 0.15) is 6.04 Å². The summed E-state index contributed by atoms with van der Waals surface area (Å²) < 4.78 is 0. The van der Waals surface area contributed by atoms with Crippen LogP contribution in [0.25, 0.3) is 0 Å². The molecule has 0 saturated heterocycles. The van der Waals surface area contributed by atoms with E-state index in [0.29, 0.717) is 12.0 Å². The summed E-state index contributed by atoms with van der Waals surface area (Å²) in [5, 5.41) is 5.94. The maximum atomic E-state index is 12.8. The van der Waals surface area contributed by atoms with Crippen LogP contribution in [-0.2, 0) is 17.0 Å². The molecule has 1 unspecified atom stereocenters. The van der Waals surface area contributed by atoms with Crippen molar-refractivity contribution in [3.8, 4) is 0 Å². The zero-order valence-corrected chi connectivity index (χ0v) is 18.0. The minimum Gasteiger partial charge on any atom is -0.352 e. The molecule has 2 aromatic carbocycles. The van der Waals surface area contributed by atoms with Gasteiger partial charge >= 0.3 is 0 Å². The van der Waals surface area contributed by atoms with Crippen LogP contribution in [0.3, 0.4) is 0 Å². The highest BCUT2D eigenvalue weighted by atomic mass is 32.2. The number of hydrogen-bond donors (Lipinski definition) is 2. The number of carbonyl (C=O) groups excluding carboxylic acids is 2. The van der Waals surface area contributed by atoms with Crippen LogP contribution in [0.2, 0.25) is 0 Å². The van der Waals surface area contributed by atoms with Gasteiger partial charge in [-0.05, 0) is 54.3 Å². The number of aromatic nitrogens is 1. The summed E-state index contributed by atoms with van der Waals surface area (Å²) in [7, 11) is 0. The van der Waals surface area contributed by atoms with Gasteiger partial charge in [0, 0.05) is 41.1 Å². The van der Waals surface area contributed by atoms with Gasteiger partial charge in [-0.2, -0.15) is 0 Å². The second kappa shape index (κ2) is 10.3. The van der Waals surface area contributed by atoms with Crippen molar-refractivity contribution in [2.24, 2.45) is 0 Å². The average Bonchev–Trinajstić information content (AvgIpc) is 3.63. The van der Waals surface area contributed by atoms with Crippen LogP contribution < -0.4 is 10.6 Å². The van der Waals surface area contributed by atoms with Crippen LogP contribution in [0.5, 0.6) is 0 Å². The van der Waals surface area contributed by atoms with E-state index in [4.69, 9.17) is 0 Å². The Morgan fingerprint density at radius 1 is 0.968 bits per heavy atom. The van der Waals surface area contributed by atoms with Gasteiger partial charge in [-0.25, -0.2) is 0 Å². The number of benzene rings is 2. The van der Waals surface area contributed by atoms with Crippen molar-refractivity contribution in [1.82, 2.24) is 15.6 Å². The maximum absolute atomic E-state index is 12.8. The van der Waals surface area contributed by atoms with E-state index in [1.807, 2.05) is 60.8 Å². The number of rotatable bonds is 9. The third-order valence-corrected chi connectivity index (χ3v) is 6.16. The molecule has 158 valence electrons. The van der Waals surface area contributed by atoms with E-state index in [1.54, 1.807) is 30.1 Å². The molecule has 1 fully saturated rings. The Bertz CT molecular complexity index is 1010. The molecule has 2 amide bonds. The van der Waals surface area contributed by atoms with E-state index in [-0.39, 0.29) is 17.9 Å². The molecule has 6 heteroatoms. The molecule has 1 aliphatic carbocycles. The first kappa shape index (κ1) is 21.1. The molecule has 2 N–H and O–H groups in total. The summed E-state index contributed by atoms with van der Waals surface area (Å²) in [5.41, 5.74) is 2.71. The summed E-state index contributed by atoms with van der Waals surface area (Å²) in [6.45, 7) is 0. The van der Waals surface area contributed by atoms with Crippen molar-refractivity contribution in [1.29, 1.82) is 0 Å². The van der Waals surface area contributed by atoms with Gasteiger partial charge in [-0.3, -0.25) is 14.6 Å². The number of thioether (sulfide) groups is 1. The highest BCUT2D eigenvalue weighted by molar-refractivity contribution is 7.98. The van der Waals surface area contributed by atoms with Gasteiger partial charge < -0.3 is 10.6 Å². The van der Waals surface area contributed by atoms with E-state index in [2.05, 4.69) is 15.6 Å². The van der Waals surface area contributed by atoms with E-state index in [1.165, 1.54) is 0 Å². The molecule has 1 atom stereocenters. The molecule has 0 spiro atoms. The van der Waals surface area contributed by atoms with Crippen LogP contribution in [0.4, 0.5) is 0 Å². The fourth-order valence-corrected chi connectivity index (χ4v) is 4.02. The number of amides is 2. The molecule has 31 heavy (non-hydrogen) atoms. The van der Waals surface area contributed by atoms with Crippen LogP contribution in [0.1, 0.15) is 34.3 Å². The largest absolute Gasteiger partial charge is 0.352 e. The topological polar surface area (TPSA) is 71.1 Å². The Labute approximate surface area is 186 Å². The minimum atomic E-state index is -0.602. The van der Waals surface area contributed by atoms with Crippen molar-refractivity contribution < 1.29 is 9.59 Å².